The van der Waals surface area contributed by atoms with E-state index in [-0.39, 0.29) is 181 Å². The molecule has 0 radical (unpaired) electrons. The Balaban J connectivity index is -0.000000138. The molecular formula is C23H31BrCs2O11. The van der Waals surface area contributed by atoms with E-state index in [1.54, 1.807) is 26.8 Å². The number of methoxy groups -OCH3 is 2. The Bertz CT molecular complexity index is 930. The third kappa shape index (κ3) is 20.2. The number of benzene rings is 2. The fourth-order valence-electron chi connectivity index (χ4n) is 1.98. The quantitative estimate of drug-likeness (QED) is 0.0680. The van der Waals surface area contributed by atoms with Gasteiger partial charge in [-0.15, -0.1) is 0 Å². The third-order valence-electron chi connectivity index (χ3n) is 4.39. The van der Waals surface area contributed by atoms with Gasteiger partial charge in [-0.1, -0.05) is 15.9 Å². The SMILES string of the molecule is COC(=O)CBr.COC(=O)COc1ccc(O)c(C)c1C.Cc1c(O)ccc(O)c1C.O=CO[O-].[Cs+].[Cs+].[H-]. The maximum absolute atomic E-state index is 10.9. The number of alkyl halides is 1. The van der Waals surface area contributed by atoms with Crippen LogP contribution in [0.25, 0.3) is 0 Å². The minimum atomic E-state index is -0.430. The summed E-state index contributed by atoms with van der Waals surface area (Å²) in [6, 6.07) is 6.13. The van der Waals surface area contributed by atoms with Crippen LogP contribution in [0.15, 0.2) is 24.3 Å². The molecule has 198 valence electrons. The number of esters is 2. The molecule has 14 heteroatoms. The summed E-state index contributed by atoms with van der Waals surface area (Å²) in [5.74, 6) is 0.592. The summed E-state index contributed by atoms with van der Waals surface area (Å²) in [5, 5.41) is 36.3. The van der Waals surface area contributed by atoms with Crippen LogP contribution < -0.4 is 148 Å². The number of aromatic hydroxyl groups is 3. The van der Waals surface area contributed by atoms with Gasteiger partial charge in [-0.05, 0) is 74.2 Å². The van der Waals surface area contributed by atoms with Crippen molar-refractivity contribution in [2.24, 2.45) is 0 Å². The van der Waals surface area contributed by atoms with Crippen LogP contribution in [0.3, 0.4) is 0 Å². The molecule has 0 aliphatic rings. The van der Waals surface area contributed by atoms with E-state index in [9.17, 15) is 14.7 Å². The molecule has 2 rings (SSSR count). The van der Waals surface area contributed by atoms with Gasteiger partial charge in [0.05, 0.1) is 14.2 Å². The Morgan fingerprint density at radius 1 is 0.838 bits per heavy atom. The molecular weight excluding hydrogens is 798 g/mol. The van der Waals surface area contributed by atoms with Crippen LogP contribution in [0.2, 0.25) is 0 Å². The second-order valence-electron chi connectivity index (χ2n) is 6.45. The smallest absolute Gasteiger partial charge is 1.00 e. The minimum absolute atomic E-state index is 0. The number of halogens is 1. The van der Waals surface area contributed by atoms with Gasteiger partial charge in [-0.2, -0.15) is 0 Å². The molecule has 0 saturated heterocycles. The van der Waals surface area contributed by atoms with Gasteiger partial charge in [0.2, 0.25) is 0 Å². The molecule has 0 unspecified atom stereocenters. The topological polar surface area (TPSA) is 172 Å². The van der Waals surface area contributed by atoms with Crippen LogP contribution in [-0.2, 0) is 28.7 Å². The van der Waals surface area contributed by atoms with Crippen molar-refractivity contribution in [2.75, 3.05) is 26.2 Å². The molecule has 0 aromatic heterocycles. The summed E-state index contributed by atoms with van der Waals surface area (Å²) >= 11 is 2.90. The predicted molar refractivity (Wildman–Crippen MR) is 128 cm³/mol. The number of hydrogen-bond donors (Lipinski definition) is 3. The first-order valence-electron chi connectivity index (χ1n) is 9.73. The summed E-state index contributed by atoms with van der Waals surface area (Å²) in [7, 11) is 2.66. The van der Waals surface area contributed by atoms with Gasteiger partial charge in [0.1, 0.15) is 28.3 Å². The fourth-order valence-corrected chi connectivity index (χ4v) is 2.21. The first-order chi connectivity index (χ1) is 16.4. The average molecular weight is 829 g/mol. The summed E-state index contributed by atoms with van der Waals surface area (Å²) in [6.45, 7) is 6.84. The average Bonchev–Trinajstić information content (AvgIpc) is 2.88. The van der Waals surface area contributed by atoms with Crippen molar-refractivity contribution in [3.8, 4) is 23.0 Å². The van der Waals surface area contributed by atoms with Gasteiger partial charge < -0.3 is 41.1 Å². The van der Waals surface area contributed by atoms with E-state index in [4.69, 9.17) is 25.0 Å². The number of hydrogen-bond acceptors (Lipinski definition) is 11. The Hall–Kier alpha value is 0.594. The number of rotatable bonds is 5. The van der Waals surface area contributed by atoms with E-state index in [1.165, 1.54) is 32.4 Å². The van der Waals surface area contributed by atoms with Crippen molar-refractivity contribution in [2.45, 2.75) is 27.7 Å². The molecule has 0 fully saturated rings. The number of carbonyl (C=O) groups excluding carboxylic acids is 3. The molecule has 11 nitrogen and oxygen atoms in total. The Kier molecular flexibility index (Phi) is 32.3. The first-order valence-corrected chi connectivity index (χ1v) is 10.9. The van der Waals surface area contributed by atoms with Gasteiger partial charge in [0, 0.05) is 0 Å². The first kappa shape index (κ1) is 44.6. The van der Waals surface area contributed by atoms with Crippen LogP contribution in [0.5, 0.6) is 23.0 Å². The Morgan fingerprint density at radius 3 is 1.49 bits per heavy atom. The minimum Gasteiger partial charge on any atom is -1.00 e. The molecule has 3 N–H and O–H groups in total. The van der Waals surface area contributed by atoms with Crippen molar-refractivity contribution in [3.63, 3.8) is 0 Å². The third-order valence-corrected chi connectivity index (χ3v) is 4.85. The van der Waals surface area contributed by atoms with Crippen molar-refractivity contribution < 1.29 is 193 Å². The fraction of sp³-hybridized carbons (Fsp3) is 0.348. The standard InChI is InChI=1S/C11H14O4.C8H10O2.C3H5BrO2.CH2O3.2Cs.H/c1-7-8(2)10(5-4-9(7)12)15-6-11(13)14-3;1-5-6(2)8(10)4-3-7(5)9;1-6-3(5)2-4;2-1-4-3;;;/h4-5,12H,6H2,1-3H3;3-4,9-10H,1-2H3;2H2,1H3;1,3H;;;/q;;;;2*+1;-1/p-1. The monoisotopic (exact) mass is 828 g/mol. The number of ether oxygens (including phenoxy) is 3. The van der Waals surface area contributed by atoms with Crippen LogP contribution in [0.4, 0.5) is 0 Å². The van der Waals surface area contributed by atoms with Gasteiger partial charge in [-0.25, -0.2) is 4.79 Å². The van der Waals surface area contributed by atoms with E-state index < -0.39 is 5.97 Å². The number of phenols is 3. The van der Waals surface area contributed by atoms with Crippen molar-refractivity contribution in [1.82, 2.24) is 0 Å². The zero-order valence-corrected chi connectivity index (χ0v) is 36.4. The predicted octanol–water partition coefficient (Wildman–Crippen LogP) is -3.62. The molecule has 0 atom stereocenters. The summed E-state index contributed by atoms with van der Waals surface area (Å²) < 4.78 is 13.9. The van der Waals surface area contributed by atoms with Gasteiger partial charge in [0.25, 0.3) is 6.47 Å². The van der Waals surface area contributed by atoms with Crippen LogP contribution in [0, 0.1) is 27.7 Å². The van der Waals surface area contributed by atoms with Crippen LogP contribution in [0.1, 0.15) is 23.7 Å². The molecule has 0 aliphatic carbocycles. The second kappa shape index (κ2) is 26.8. The summed E-state index contributed by atoms with van der Waals surface area (Å²) in [4.78, 5) is 32.0. The zero-order chi connectivity index (χ0) is 27.6. The van der Waals surface area contributed by atoms with E-state index >= 15 is 0 Å². The van der Waals surface area contributed by atoms with Crippen LogP contribution >= 0.6 is 15.9 Å². The van der Waals surface area contributed by atoms with Crippen molar-refractivity contribution >= 4 is 34.3 Å². The maximum atomic E-state index is 10.9. The van der Waals surface area contributed by atoms with Gasteiger partial charge in [0.15, 0.2) is 6.61 Å². The largest absolute Gasteiger partial charge is 1.00 e. The van der Waals surface area contributed by atoms with Crippen LogP contribution in [-0.4, -0.2) is 59.9 Å². The molecule has 0 amide bonds. The van der Waals surface area contributed by atoms with Crippen molar-refractivity contribution in [1.29, 1.82) is 0 Å². The molecule has 2 aromatic carbocycles. The molecule has 0 aliphatic heterocycles. The molecule has 0 heterocycles. The summed E-state index contributed by atoms with van der Waals surface area (Å²) in [6.07, 6.45) is 0. The van der Waals surface area contributed by atoms with Gasteiger partial charge >= 0.3 is 150 Å². The molecule has 0 saturated carbocycles. The normalized spacial score (nSPS) is 8.43. The maximum Gasteiger partial charge on any atom is 1.00 e. The van der Waals surface area contributed by atoms with Gasteiger partial charge in [-0.3, -0.25) is 9.59 Å². The molecule has 37 heavy (non-hydrogen) atoms. The van der Waals surface area contributed by atoms with E-state index in [2.05, 4.69) is 30.3 Å². The molecule has 2 aromatic rings. The van der Waals surface area contributed by atoms with E-state index in [0.29, 0.717) is 5.75 Å². The van der Waals surface area contributed by atoms with Crippen molar-refractivity contribution in [3.05, 3.63) is 46.5 Å². The number of phenolic OH excluding ortho intramolecular Hbond substituents is 3. The van der Waals surface area contributed by atoms with E-state index in [0.717, 1.165) is 22.3 Å². The zero-order valence-electron chi connectivity index (χ0n) is 23.3. The van der Waals surface area contributed by atoms with E-state index in [1.807, 2.05) is 6.92 Å². The second-order valence-corrected chi connectivity index (χ2v) is 7.01. The Morgan fingerprint density at radius 2 is 1.19 bits per heavy atom. The molecule has 0 spiro atoms. The Labute approximate surface area is 344 Å². The number of carbonyl (C=O) groups is 3. The summed E-state index contributed by atoms with van der Waals surface area (Å²) in [5.41, 5.74) is 3.04. The molecule has 0 bridgehead atoms.